The third-order valence-electron chi connectivity index (χ3n) is 3.57. The van der Waals surface area contributed by atoms with Crippen molar-refractivity contribution in [2.45, 2.75) is 6.10 Å². The van der Waals surface area contributed by atoms with Gasteiger partial charge in [0.05, 0.1) is 11.8 Å². The highest BCUT2D eigenvalue weighted by atomic mass is 35.5. The second-order valence-corrected chi connectivity index (χ2v) is 5.05. The molecule has 3 rings (SSSR count). The van der Waals surface area contributed by atoms with Gasteiger partial charge in [-0.05, 0) is 18.2 Å². The maximum absolute atomic E-state index is 12.1. The maximum Gasteiger partial charge on any atom is 0.269 e. The van der Waals surface area contributed by atoms with Crippen LogP contribution in [-0.2, 0) is 0 Å². The van der Waals surface area contributed by atoms with E-state index in [9.17, 15) is 9.90 Å². The van der Waals surface area contributed by atoms with Gasteiger partial charge in [0, 0.05) is 44.1 Å². The van der Waals surface area contributed by atoms with Crippen molar-refractivity contribution < 1.29 is 9.90 Å². The topological polar surface area (TPSA) is 92.1 Å². The van der Waals surface area contributed by atoms with E-state index in [1.807, 2.05) is 6.07 Å². The Hall–Kier alpha value is -1.67. The Morgan fingerprint density at radius 3 is 2.87 bits per heavy atom. The number of nitrogens with zero attached hydrogens (tertiary/aromatic N) is 3. The summed E-state index contributed by atoms with van der Waals surface area (Å²) in [5, 5.41) is 19.7. The molecule has 9 heteroatoms. The van der Waals surface area contributed by atoms with Crippen LogP contribution in [0.5, 0.6) is 0 Å². The summed E-state index contributed by atoms with van der Waals surface area (Å²) in [7, 11) is 0. The van der Waals surface area contributed by atoms with E-state index in [1.54, 1.807) is 35.4 Å². The van der Waals surface area contributed by atoms with Crippen LogP contribution in [0.1, 0.15) is 10.5 Å². The fourth-order valence-corrected chi connectivity index (χ4v) is 2.35. The molecule has 0 aromatic carbocycles. The summed E-state index contributed by atoms with van der Waals surface area (Å²) >= 11 is 0. The second-order valence-electron chi connectivity index (χ2n) is 5.05. The van der Waals surface area contributed by atoms with E-state index in [4.69, 9.17) is 0 Å². The van der Waals surface area contributed by atoms with E-state index in [2.05, 4.69) is 20.7 Å². The highest BCUT2D eigenvalue weighted by Gasteiger charge is 2.25. The summed E-state index contributed by atoms with van der Waals surface area (Å²) in [6.45, 7) is 1.72. The molecule has 0 aliphatic carbocycles. The number of carbonyl (C=O) groups is 1. The smallest absolute Gasteiger partial charge is 0.269 e. The van der Waals surface area contributed by atoms with Crippen molar-refractivity contribution in [3.63, 3.8) is 0 Å². The number of β-amino-alcohol motifs (C(OH)–C–C–N with tert-alkyl or cyclic N) is 1. The van der Waals surface area contributed by atoms with Gasteiger partial charge in [-0.15, -0.1) is 24.8 Å². The molecule has 126 valence electrons. The van der Waals surface area contributed by atoms with Crippen molar-refractivity contribution in [1.82, 2.24) is 25.4 Å². The van der Waals surface area contributed by atoms with E-state index in [-0.39, 0.29) is 36.6 Å². The Bertz CT molecular complexity index is 623. The van der Waals surface area contributed by atoms with Crippen molar-refractivity contribution in [2.24, 2.45) is 5.92 Å². The second kappa shape index (κ2) is 8.83. The van der Waals surface area contributed by atoms with Crippen molar-refractivity contribution in [2.75, 3.05) is 19.6 Å². The van der Waals surface area contributed by atoms with Gasteiger partial charge >= 0.3 is 0 Å². The summed E-state index contributed by atoms with van der Waals surface area (Å²) in [6, 6.07) is 5.29. The van der Waals surface area contributed by atoms with Gasteiger partial charge in [-0.3, -0.25) is 9.78 Å². The fourth-order valence-electron chi connectivity index (χ4n) is 2.35. The number of nitrogens with one attached hydrogen (secondary N) is 2. The van der Waals surface area contributed by atoms with Gasteiger partial charge in [0.2, 0.25) is 0 Å². The number of pyridine rings is 1. The molecule has 1 amide bonds. The minimum Gasteiger partial charge on any atom is -0.391 e. The van der Waals surface area contributed by atoms with Gasteiger partial charge in [-0.2, -0.15) is 5.10 Å². The van der Waals surface area contributed by atoms with E-state index < -0.39 is 6.10 Å². The molecule has 2 atom stereocenters. The summed E-state index contributed by atoms with van der Waals surface area (Å²) < 4.78 is 1.67. The number of aliphatic hydroxyl groups excluding tert-OH is 1. The van der Waals surface area contributed by atoms with Gasteiger partial charge in [-0.25, -0.2) is 4.68 Å². The number of aliphatic hydroxyl groups is 1. The molecule has 1 fully saturated rings. The van der Waals surface area contributed by atoms with E-state index >= 15 is 0 Å². The van der Waals surface area contributed by atoms with Crippen molar-refractivity contribution in [3.8, 4) is 5.69 Å². The van der Waals surface area contributed by atoms with Crippen molar-refractivity contribution >= 4 is 30.7 Å². The van der Waals surface area contributed by atoms with Crippen LogP contribution in [0.25, 0.3) is 5.69 Å². The summed E-state index contributed by atoms with van der Waals surface area (Å²) in [6.07, 6.45) is 4.65. The largest absolute Gasteiger partial charge is 0.391 e. The number of amides is 1. The van der Waals surface area contributed by atoms with Crippen LogP contribution in [-0.4, -0.2) is 51.5 Å². The number of hydrogen-bond donors (Lipinski definition) is 3. The van der Waals surface area contributed by atoms with Gasteiger partial charge in [0.15, 0.2) is 0 Å². The molecule has 0 radical (unpaired) electrons. The summed E-state index contributed by atoms with van der Waals surface area (Å²) in [5.41, 5.74) is 1.12. The van der Waals surface area contributed by atoms with E-state index in [0.29, 0.717) is 25.3 Å². The molecule has 0 spiro atoms. The van der Waals surface area contributed by atoms with Crippen LogP contribution < -0.4 is 10.6 Å². The average Bonchev–Trinajstić information content (AvgIpc) is 3.16. The lowest BCUT2D eigenvalue weighted by molar-refractivity contribution is 0.0922. The molecule has 1 aliphatic rings. The highest BCUT2D eigenvalue weighted by Crippen LogP contribution is 2.09. The normalized spacial score (nSPS) is 19.5. The van der Waals surface area contributed by atoms with Gasteiger partial charge in [0.1, 0.15) is 5.69 Å². The van der Waals surface area contributed by atoms with Crippen LogP contribution in [0.2, 0.25) is 0 Å². The first-order valence-electron chi connectivity index (χ1n) is 6.87. The monoisotopic (exact) mass is 359 g/mol. The molecule has 23 heavy (non-hydrogen) atoms. The Balaban J connectivity index is 0.00000132. The zero-order chi connectivity index (χ0) is 14.7. The number of carbonyl (C=O) groups excluding carboxylic acids is 1. The molecule has 3 N–H and O–H groups in total. The molecule has 2 aromatic rings. The number of hydrogen-bond acceptors (Lipinski definition) is 5. The first kappa shape index (κ1) is 19.4. The molecule has 0 saturated carbocycles. The van der Waals surface area contributed by atoms with Gasteiger partial charge in [0.25, 0.3) is 5.91 Å². The molecule has 0 bridgehead atoms. The SMILES string of the molecule is Cl.Cl.O=C(NCC1CNCC1O)c1cc(-n2cccn2)ccn1. The standard InChI is InChI=1S/C14H17N5O2.2ClH/c20-13-9-15-7-10(13)8-17-14(21)12-6-11(2-4-16-12)19-5-1-3-18-19;;/h1-6,10,13,15,20H,7-9H2,(H,17,21);2*1H. The van der Waals surface area contributed by atoms with E-state index in [1.165, 1.54) is 0 Å². The molecule has 1 aliphatic heterocycles. The van der Waals surface area contributed by atoms with Gasteiger partial charge in [-0.1, -0.05) is 0 Å². The maximum atomic E-state index is 12.1. The van der Waals surface area contributed by atoms with Crippen LogP contribution in [0.15, 0.2) is 36.8 Å². The van der Waals surface area contributed by atoms with Crippen LogP contribution in [0.4, 0.5) is 0 Å². The molecule has 7 nitrogen and oxygen atoms in total. The average molecular weight is 360 g/mol. The minimum absolute atomic E-state index is 0. The van der Waals surface area contributed by atoms with E-state index in [0.717, 1.165) is 5.69 Å². The Morgan fingerprint density at radius 1 is 1.39 bits per heavy atom. The van der Waals surface area contributed by atoms with Crippen molar-refractivity contribution in [1.29, 1.82) is 0 Å². The zero-order valence-electron chi connectivity index (χ0n) is 12.3. The molecular weight excluding hydrogens is 341 g/mol. The Labute approximate surface area is 146 Å². The van der Waals surface area contributed by atoms with Crippen LogP contribution in [0.3, 0.4) is 0 Å². The molecule has 1 saturated heterocycles. The van der Waals surface area contributed by atoms with Gasteiger partial charge < -0.3 is 15.7 Å². The third kappa shape index (κ3) is 4.65. The number of halogens is 2. The lowest BCUT2D eigenvalue weighted by atomic mass is 10.1. The predicted octanol–water partition coefficient (Wildman–Crippen LogP) is 0.421. The molecule has 2 aromatic heterocycles. The van der Waals surface area contributed by atoms with Crippen LogP contribution in [0, 0.1) is 5.92 Å². The zero-order valence-corrected chi connectivity index (χ0v) is 13.9. The van der Waals surface area contributed by atoms with Crippen molar-refractivity contribution in [3.05, 3.63) is 42.5 Å². The first-order chi connectivity index (χ1) is 10.2. The Morgan fingerprint density at radius 2 is 2.22 bits per heavy atom. The van der Waals surface area contributed by atoms with Crippen LogP contribution >= 0.6 is 24.8 Å². The third-order valence-corrected chi connectivity index (χ3v) is 3.57. The predicted molar refractivity (Wildman–Crippen MR) is 90.6 cm³/mol. The number of rotatable bonds is 4. The Kier molecular flexibility index (Phi) is 7.44. The first-order valence-corrected chi connectivity index (χ1v) is 6.87. The highest BCUT2D eigenvalue weighted by molar-refractivity contribution is 5.92. The lowest BCUT2D eigenvalue weighted by Crippen LogP contribution is -2.34. The summed E-state index contributed by atoms with van der Waals surface area (Å²) in [5.74, 6) is -0.202. The lowest BCUT2D eigenvalue weighted by Gasteiger charge is -2.14. The quantitative estimate of drug-likeness (QED) is 0.735. The number of aromatic nitrogens is 3. The molecule has 2 unspecified atom stereocenters. The fraction of sp³-hybridized carbons (Fsp3) is 0.357. The molecule has 3 heterocycles. The molecular formula is C14H19Cl2N5O2. The summed E-state index contributed by atoms with van der Waals surface area (Å²) in [4.78, 5) is 16.2. The minimum atomic E-state index is -0.409.